The predicted octanol–water partition coefficient (Wildman–Crippen LogP) is 2.22. The first-order valence-electron chi connectivity index (χ1n) is 6.11. The minimum absolute atomic E-state index is 0. The SMILES string of the molecule is Cl.c1ccc2nc(NC3CCNCC3)cnc2c1. The summed E-state index contributed by atoms with van der Waals surface area (Å²) in [5.41, 5.74) is 1.90. The highest BCUT2D eigenvalue weighted by Gasteiger charge is 2.13. The maximum atomic E-state index is 4.58. The van der Waals surface area contributed by atoms with Crippen molar-refractivity contribution in [3.8, 4) is 0 Å². The van der Waals surface area contributed by atoms with Crippen LogP contribution in [0.4, 0.5) is 5.82 Å². The van der Waals surface area contributed by atoms with Crippen LogP contribution in [0.15, 0.2) is 30.5 Å². The van der Waals surface area contributed by atoms with Crippen molar-refractivity contribution < 1.29 is 0 Å². The zero-order valence-corrected chi connectivity index (χ0v) is 10.9. The van der Waals surface area contributed by atoms with E-state index in [1.54, 1.807) is 0 Å². The molecule has 1 aliphatic rings. The first kappa shape index (κ1) is 13.1. The number of halogens is 1. The molecule has 0 saturated carbocycles. The van der Waals surface area contributed by atoms with Crippen LogP contribution >= 0.6 is 12.4 Å². The van der Waals surface area contributed by atoms with Crippen LogP contribution in [0.3, 0.4) is 0 Å². The van der Waals surface area contributed by atoms with Gasteiger partial charge in [-0.15, -0.1) is 12.4 Å². The zero-order chi connectivity index (χ0) is 11.5. The lowest BCUT2D eigenvalue weighted by molar-refractivity contribution is 0.478. The van der Waals surface area contributed by atoms with Gasteiger partial charge in [-0.25, -0.2) is 4.98 Å². The molecule has 0 spiro atoms. The molecule has 96 valence electrons. The number of hydrogen-bond donors (Lipinski definition) is 2. The molecule has 1 fully saturated rings. The Bertz CT molecular complexity index is 511. The van der Waals surface area contributed by atoms with Gasteiger partial charge in [0, 0.05) is 6.04 Å². The maximum absolute atomic E-state index is 4.58. The summed E-state index contributed by atoms with van der Waals surface area (Å²) in [6.07, 6.45) is 4.12. The van der Waals surface area contributed by atoms with Crippen molar-refractivity contribution in [1.29, 1.82) is 0 Å². The van der Waals surface area contributed by atoms with Crippen LogP contribution < -0.4 is 10.6 Å². The van der Waals surface area contributed by atoms with Crippen LogP contribution in [0.2, 0.25) is 0 Å². The minimum atomic E-state index is 0. The molecule has 1 aromatic carbocycles. The molecule has 4 nitrogen and oxygen atoms in total. The quantitative estimate of drug-likeness (QED) is 0.873. The van der Waals surface area contributed by atoms with Gasteiger partial charge in [-0.3, -0.25) is 4.98 Å². The van der Waals surface area contributed by atoms with E-state index < -0.39 is 0 Å². The van der Waals surface area contributed by atoms with E-state index in [2.05, 4.69) is 20.6 Å². The predicted molar refractivity (Wildman–Crippen MR) is 76.3 cm³/mol. The number of anilines is 1. The number of rotatable bonds is 2. The zero-order valence-electron chi connectivity index (χ0n) is 10.1. The average molecular weight is 265 g/mol. The summed E-state index contributed by atoms with van der Waals surface area (Å²) in [7, 11) is 0. The van der Waals surface area contributed by atoms with Gasteiger partial charge in [0.25, 0.3) is 0 Å². The largest absolute Gasteiger partial charge is 0.366 e. The summed E-state index contributed by atoms with van der Waals surface area (Å²) >= 11 is 0. The molecule has 0 bridgehead atoms. The molecule has 0 unspecified atom stereocenters. The second-order valence-electron chi connectivity index (χ2n) is 4.41. The lowest BCUT2D eigenvalue weighted by atomic mass is 10.1. The van der Waals surface area contributed by atoms with Gasteiger partial charge in [0.15, 0.2) is 0 Å². The van der Waals surface area contributed by atoms with Crippen molar-refractivity contribution in [2.24, 2.45) is 0 Å². The molecule has 5 heteroatoms. The molecule has 0 radical (unpaired) electrons. The molecule has 18 heavy (non-hydrogen) atoms. The molecular formula is C13H17ClN4. The van der Waals surface area contributed by atoms with E-state index in [1.807, 2.05) is 30.5 Å². The number of piperidine rings is 1. The van der Waals surface area contributed by atoms with E-state index in [9.17, 15) is 0 Å². The van der Waals surface area contributed by atoms with Gasteiger partial charge in [0.05, 0.1) is 17.2 Å². The van der Waals surface area contributed by atoms with Crippen LogP contribution in [-0.4, -0.2) is 29.1 Å². The molecular weight excluding hydrogens is 248 g/mol. The fourth-order valence-corrected chi connectivity index (χ4v) is 2.20. The second-order valence-corrected chi connectivity index (χ2v) is 4.41. The van der Waals surface area contributed by atoms with Crippen LogP contribution in [0.25, 0.3) is 11.0 Å². The van der Waals surface area contributed by atoms with Crippen molar-refractivity contribution in [2.45, 2.75) is 18.9 Å². The minimum Gasteiger partial charge on any atom is -0.366 e. The Kier molecular flexibility index (Phi) is 4.33. The molecule has 1 saturated heterocycles. The number of fused-ring (bicyclic) bond motifs is 1. The number of benzene rings is 1. The van der Waals surface area contributed by atoms with E-state index in [0.29, 0.717) is 6.04 Å². The Morgan fingerprint density at radius 3 is 2.61 bits per heavy atom. The normalized spacial score (nSPS) is 16.2. The number of para-hydroxylation sites is 2. The summed E-state index contributed by atoms with van der Waals surface area (Å²) in [5, 5.41) is 6.81. The van der Waals surface area contributed by atoms with E-state index >= 15 is 0 Å². The highest BCUT2D eigenvalue weighted by atomic mass is 35.5. The number of nitrogens with zero attached hydrogens (tertiary/aromatic N) is 2. The van der Waals surface area contributed by atoms with Crippen molar-refractivity contribution >= 4 is 29.3 Å². The third kappa shape index (κ3) is 2.89. The fraction of sp³-hybridized carbons (Fsp3) is 0.385. The highest BCUT2D eigenvalue weighted by Crippen LogP contribution is 2.14. The third-order valence-corrected chi connectivity index (χ3v) is 3.14. The van der Waals surface area contributed by atoms with Crippen molar-refractivity contribution in [1.82, 2.24) is 15.3 Å². The van der Waals surface area contributed by atoms with Gasteiger partial charge in [0.2, 0.25) is 0 Å². The monoisotopic (exact) mass is 264 g/mol. The molecule has 2 N–H and O–H groups in total. The van der Waals surface area contributed by atoms with E-state index in [-0.39, 0.29) is 12.4 Å². The van der Waals surface area contributed by atoms with Gasteiger partial charge in [0.1, 0.15) is 5.82 Å². The lowest BCUT2D eigenvalue weighted by Crippen LogP contribution is -2.35. The van der Waals surface area contributed by atoms with Gasteiger partial charge in [-0.2, -0.15) is 0 Å². The van der Waals surface area contributed by atoms with Gasteiger partial charge in [-0.05, 0) is 38.1 Å². The van der Waals surface area contributed by atoms with Crippen LogP contribution in [0, 0.1) is 0 Å². The second kappa shape index (κ2) is 5.98. The Hall–Kier alpha value is -1.39. The molecule has 1 aromatic heterocycles. The third-order valence-electron chi connectivity index (χ3n) is 3.14. The molecule has 1 aliphatic heterocycles. The van der Waals surface area contributed by atoms with Gasteiger partial charge < -0.3 is 10.6 Å². The Morgan fingerprint density at radius 2 is 1.83 bits per heavy atom. The lowest BCUT2D eigenvalue weighted by Gasteiger charge is -2.24. The summed E-state index contributed by atoms with van der Waals surface area (Å²) in [5.74, 6) is 0.885. The van der Waals surface area contributed by atoms with Crippen LogP contribution in [-0.2, 0) is 0 Å². The van der Waals surface area contributed by atoms with Crippen LogP contribution in [0.5, 0.6) is 0 Å². The Balaban J connectivity index is 0.00000120. The number of nitrogens with one attached hydrogen (secondary N) is 2. The number of hydrogen-bond acceptors (Lipinski definition) is 4. The standard InChI is InChI=1S/C13H16N4.ClH/c1-2-4-12-11(3-1)15-9-13(17-12)16-10-5-7-14-8-6-10;/h1-4,9-10,14H,5-8H2,(H,16,17);1H. The van der Waals surface area contributed by atoms with Crippen molar-refractivity contribution in [3.05, 3.63) is 30.5 Å². The van der Waals surface area contributed by atoms with E-state index in [1.165, 1.54) is 0 Å². The van der Waals surface area contributed by atoms with Crippen molar-refractivity contribution in [3.63, 3.8) is 0 Å². The summed E-state index contributed by atoms with van der Waals surface area (Å²) in [6.45, 7) is 2.16. The average Bonchev–Trinajstić information content (AvgIpc) is 2.40. The number of aromatic nitrogens is 2. The van der Waals surface area contributed by atoms with Crippen molar-refractivity contribution in [2.75, 3.05) is 18.4 Å². The highest BCUT2D eigenvalue weighted by molar-refractivity contribution is 5.85. The summed E-state index contributed by atoms with van der Waals surface area (Å²) in [4.78, 5) is 8.98. The van der Waals surface area contributed by atoms with Gasteiger partial charge in [-0.1, -0.05) is 12.1 Å². The molecule has 0 aliphatic carbocycles. The first-order chi connectivity index (χ1) is 8.42. The molecule has 3 rings (SSSR count). The Morgan fingerprint density at radius 1 is 1.11 bits per heavy atom. The van der Waals surface area contributed by atoms with E-state index in [4.69, 9.17) is 0 Å². The molecule has 2 aromatic rings. The summed E-state index contributed by atoms with van der Waals surface area (Å²) < 4.78 is 0. The van der Waals surface area contributed by atoms with Crippen LogP contribution in [0.1, 0.15) is 12.8 Å². The summed E-state index contributed by atoms with van der Waals surface area (Å²) in [6, 6.07) is 8.47. The Labute approximate surface area is 113 Å². The maximum Gasteiger partial charge on any atom is 0.145 e. The molecule has 2 heterocycles. The fourth-order valence-electron chi connectivity index (χ4n) is 2.20. The first-order valence-corrected chi connectivity index (χ1v) is 6.11. The smallest absolute Gasteiger partial charge is 0.145 e. The molecule has 0 atom stereocenters. The molecule has 0 amide bonds. The topological polar surface area (TPSA) is 49.8 Å². The van der Waals surface area contributed by atoms with E-state index in [0.717, 1.165) is 42.8 Å². The van der Waals surface area contributed by atoms with Gasteiger partial charge >= 0.3 is 0 Å².